The summed E-state index contributed by atoms with van der Waals surface area (Å²) < 4.78 is 11.2. The van der Waals surface area contributed by atoms with Crippen LogP contribution in [0.1, 0.15) is 21.5 Å². The Kier molecular flexibility index (Phi) is 7.33. The molecule has 0 saturated heterocycles. The summed E-state index contributed by atoms with van der Waals surface area (Å²) in [7, 11) is -1.29. The predicted octanol–water partition coefficient (Wildman–Crippen LogP) is 6.81. The molecule has 6 nitrogen and oxygen atoms in total. The maximum Gasteiger partial charge on any atom is 0.343 e. The lowest BCUT2D eigenvalue weighted by molar-refractivity contribution is -0.385. The van der Waals surface area contributed by atoms with E-state index in [1.165, 1.54) is 6.07 Å². The highest BCUT2D eigenvalue weighted by molar-refractivity contribution is 6.76. The van der Waals surface area contributed by atoms with Gasteiger partial charge < -0.3 is 9.47 Å². The van der Waals surface area contributed by atoms with Gasteiger partial charge in [0, 0.05) is 14.1 Å². The molecule has 0 bridgehead atoms. The number of nitrogens with zero attached hydrogens (tertiary/aromatic N) is 1. The van der Waals surface area contributed by atoms with Gasteiger partial charge in [0.15, 0.2) is 5.75 Å². The first-order valence-corrected chi connectivity index (χ1v) is 14.6. The van der Waals surface area contributed by atoms with Crippen LogP contribution in [-0.4, -0.2) is 25.6 Å². The van der Waals surface area contributed by atoms with E-state index in [-0.39, 0.29) is 11.4 Å². The van der Waals surface area contributed by atoms with Gasteiger partial charge in [0.25, 0.3) is 0 Å². The fourth-order valence-corrected chi connectivity index (χ4v) is 3.89. The van der Waals surface area contributed by atoms with Crippen LogP contribution in [0.25, 0.3) is 11.1 Å². The third kappa shape index (κ3) is 6.52. The van der Waals surface area contributed by atoms with Gasteiger partial charge in [-0.1, -0.05) is 43.9 Å². The van der Waals surface area contributed by atoms with Crippen molar-refractivity contribution in [2.24, 2.45) is 0 Å². The Labute approximate surface area is 195 Å². The van der Waals surface area contributed by atoms with Gasteiger partial charge in [0.1, 0.15) is 5.75 Å². The quantitative estimate of drug-likeness (QED) is 0.120. The van der Waals surface area contributed by atoms with Gasteiger partial charge in [-0.15, -0.1) is 0 Å². The van der Waals surface area contributed by atoms with E-state index in [1.54, 1.807) is 48.5 Å². The molecule has 3 rings (SSSR count). The molecular weight excluding hydrogens is 434 g/mol. The van der Waals surface area contributed by atoms with Gasteiger partial charge in [0.2, 0.25) is 0 Å². The molecule has 0 fully saturated rings. The van der Waals surface area contributed by atoms with Crippen LogP contribution in [0.15, 0.2) is 60.7 Å². The van der Waals surface area contributed by atoms with E-state index >= 15 is 0 Å². The first-order valence-electron chi connectivity index (χ1n) is 10.8. The number of ether oxygens (including phenoxy) is 2. The van der Waals surface area contributed by atoms with Crippen molar-refractivity contribution >= 4 is 19.7 Å². The van der Waals surface area contributed by atoms with Crippen LogP contribution in [0.4, 0.5) is 5.69 Å². The van der Waals surface area contributed by atoms with Gasteiger partial charge in [-0.25, -0.2) is 4.79 Å². The van der Waals surface area contributed by atoms with Crippen molar-refractivity contribution < 1.29 is 19.2 Å². The number of rotatable bonds is 8. The average molecular weight is 464 g/mol. The van der Waals surface area contributed by atoms with Crippen LogP contribution >= 0.6 is 0 Å². The van der Waals surface area contributed by atoms with Gasteiger partial charge in [0.05, 0.1) is 17.1 Å². The van der Waals surface area contributed by atoms with E-state index in [0.29, 0.717) is 23.5 Å². The zero-order valence-electron chi connectivity index (χ0n) is 19.7. The number of hydrogen-bond acceptors (Lipinski definition) is 5. The predicted molar refractivity (Wildman–Crippen MR) is 133 cm³/mol. The second-order valence-electron chi connectivity index (χ2n) is 9.31. The fraction of sp³-hybridized carbons (Fsp3) is 0.269. The number of benzene rings is 3. The molecule has 33 heavy (non-hydrogen) atoms. The van der Waals surface area contributed by atoms with Gasteiger partial charge in [-0.2, -0.15) is 0 Å². The molecule has 3 aromatic carbocycles. The van der Waals surface area contributed by atoms with Crippen LogP contribution in [0.2, 0.25) is 25.7 Å². The Hall–Kier alpha value is -3.45. The van der Waals surface area contributed by atoms with E-state index in [2.05, 4.69) is 19.6 Å². The number of carbonyl (C=O) groups excluding carboxylic acids is 1. The molecule has 0 saturated carbocycles. The van der Waals surface area contributed by atoms with E-state index in [0.717, 1.165) is 22.7 Å². The molecule has 3 aromatic rings. The number of nitro groups is 1. The first kappa shape index (κ1) is 24.2. The molecule has 0 atom stereocenters. The molecule has 0 N–H and O–H groups in total. The van der Waals surface area contributed by atoms with Crippen LogP contribution in [0.5, 0.6) is 11.5 Å². The zero-order chi connectivity index (χ0) is 24.2. The fourth-order valence-electron chi connectivity index (χ4n) is 3.18. The number of esters is 1. The standard InChI is InChI=1S/C26H29NO5Si/c1-18-6-7-22(16-19(18)2)26(28)32-23-11-8-20(9-12-23)21-10-13-25(24(17-21)27(29)30)31-14-15-33(3,4)5/h6-13,16-17H,14-15H2,1-5H3. The van der Waals surface area contributed by atoms with Crippen LogP contribution in [0.3, 0.4) is 0 Å². The van der Waals surface area contributed by atoms with E-state index in [4.69, 9.17) is 9.47 Å². The van der Waals surface area contributed by atoms with Gasteiger partial charge >= 0.3 is 11.7 Å². The van der Waals surface area contributed by atoms with E-state index in [9.17, 15) is 14.9 Å². The summed E-state index contributed by atoms with van der Waals surface area (Å²) in [6.07, 6.45) is 0. The van der Waals surface area contributed by atoms with Crippen molar-refractivity contribution in [3.05, 3.63) is 87.5 Å². The Morgan fingerprint density at radius 2 is 1.58 bits per heavy atom. The molecule has 0 amide bonds. The molecule has 0 aromatic heterocycles. The summed E-state index contributed by atoms with van der Waals surface area (Å²) in [5.74, 6) is 0.255. The third-order valence-corrected chi connectivity index (χ3v) is 7.11. The van der Waals surface area contributed by atoms with Crippen molar-refractivity contribution in [2.45, 2.75) is 39.5 Å². The minimum atomic E-state index is -1.29. The average Bonchev–Trinajstić information content (AvgIpc) is 2.75. The zero-order valence-corrected chi connectivity index (χ0v) is 20.7. The summed E-state index contributed by atoms with van der Waals surface area (Å²) >= 11 is 0. The summed E-state index contributed by atoms with van der Waals surface area (Å²) in [6, 6.07) is 18.2. The number of aryl methyl sites for hydroxylation is 2. The number of hydrogen-bond donors (Lipinski definition) is 0. The SMILES string of the molecule is Cc1ccc(C(=O)Oc2ccc(-c3ccc(OCC[Si](C)(C)C)c([N+](=O)[O-])c3)cc2)cc1C. The summed E-state index contributed by atoms with van der Waals surface area (Å²) in [5.41, 5.74) is 4.02. The molecule has 0 aliphatic carbocycles. The number of carbonyl (C=O) groups is 1. The van der Waals surface area contributed by atoms with E-state index in [1.807, 2.05) is 19.9 Å². The molecular formula is C26H29NO5Si. The highest BCUT2D eigenvalue weighted by atomic mass is 28.3. The topological polar surface area (TPSA) is 78.7 Å². The minimum Gasteiger partial charge on any atom is -0.487 e. The Morgan fingerprint density at radius 3 is 2.18 bits per heavy atom. The van der Waals surface area contributed by atoms with Crippen LogP contribution in [0, 0.1) is 24.0 Å². The highest BCUT2D eigenvalue weighted by Gasteiger charge is 2.19. The van der Waals surface area contributed by atoms with Gasteiger partial charge in [-0.3, -0.25) is 10.1 Å². The number of nitro benzene ring substituents is 1. The first-order chi connectivity index (χ1) is 15.5. The lowest BCUT2D eigenvalue weighted by atomic mass is 10.0. The molecule has 0 heterocycles. The molecule has 0 radical (unpaired) electrons. The highest BCUT2D eigenvalue weighted by Crippen LogP contribution is 2.33. The van der Waals surface area contributed by atoms with Gasteiger partial charge in [-0.05, 0) is 72.5 Å². The van der Waals surface area contributed by atoms with Crippen molar-refractivity contribution in [1.29, 1.82) is 0 Å². The second-order valence-corrected chi connectivity index (χ2v) is 14.9. The van der Waals surface area contributed by atoms with Crippen LogP contribution < -0.4 is 9.47 Å². The van der Waals surface area contributed by atoms with Crippen molar-refractivity contribution in [2.75, 3.05) is 6.61 Å². The monoisotopic (exact) mass is 463 g/mol. The summed E-state index contributed by atoms with van der Waals surface area (Å²) in [4.78, 5) is 23.6. The third-order valence-electron chi connectivity index (χ3n) is 5.41. The molecule has 0 unspecified atom stereocenters. The lowest BCUT2D eigenvalue weighted by Gasteiger charge is -2.16. The second kappa shape index (κ2) is 10.00. The van der Waals surface area contributed by atoms with Crippen molar-refractivity contribution in [3.63, 3.8) is 0 Å². The largest absolute Gasteiger partial charge is 0.487 e. The Bertz CT molecular complexity index is 1170. The van der Waals surface area contributed by atoms with Crippen LogP contribution in [-0.2, 0) is 0 Å². The van der Waals surface area contributed by atoms with E-state index < -0.39 is 19.0 Å². The lowest BCUT2D eigenvalue weighted by Crippen LogP contribution is -2.22. The molecule has 0 spiro atoms. The minimum absolute atomic E-state index is 0.0617. The molecule has 172 valence electrons. The summed E-state index contributed by atoms with van der Waals surface area (Å²) in [6.45, 7) is 11.1. The maximum absolute atomic E-state index is 12.4. The molecule has 0 aliphatic heterocycles. The molecule has 0 aliphatic rings. The molecule has 7 heteroatoms. The van der Waals surface area contributed by atoms with Crippen molar-refractivity contribution in [1.82, 2.24) is 0 Å². The Morgan fingerprint density at radius 1 is 0.909 bits per heavy atom. The summed E-state index contributed by atoms with van der Waals surface area (Å²) in [5, 5.41) is 11.6. The Balaban J connectivity index is 1.74. The normalized spacial score (nSPS) is 11.2. The maximum atomic E-state index is 12.4. The van der Waals surface area contributed by atoms with Crippen molar-refractivity contribution in [3.8, 4) is 22.6 Å². The smallest absolute Gasteiger partial charge is 0.343 e.